The smallest absolute Gasteiger partial charge is 0.282 e. The van der Waals surface area contributed by atoms with Crippen LogP contribution in [0.2, 0.25) is 0 Å². The maximum atomic E-state index is 10.4. The monoisotopic (exact) mass is 166 g/mol. The maximum Gasteiger partial charge on any atom is 0.282 e. The molecule has 0 saturated heterocycles. The SMILES string of the molecule is COCC(=O)[N]S(C)(=O)=O. The first-order valence-corrected chi connectivity index (χ1v) is 4.25. The molecule has 0 rings (SSSR count). The van der Waals surface area contributed by atoms with Crippen LogP contribution in [0.3, 0.4) is 0 Å². The number of carbonyl (C=O) groups is 1. The van der Waals surface area contributed by atoms with Crippen LogP contribution >= 0.6 is 0 Å². The zero-order valence-corrected chi connectivity index (χ0v) is 6.51. The van der Waals surface area contributed by atoms with E-state index in [9.17, 15) is 13.2 Å². The minimum Gasteiger partial charge on any atom is -0.375 e. The van der Waals surface area contributed by atoms with Gasteiger partial charge in [-0.25, -0.2) is 8.42 Å². The third-order valence-corrected chi connectivity index (χ3v) is 1.07. The van der Waals surface area contributed by atoms with Crippen molar-refractivity contribution in [3.05, 3.63) is 0 Å². The molecule has 0 heterocycles. The first kappa shape index (κ1) is 9.38. The van der Waals surface area contributed by atoms with Gasteiger partial charge in [0.25, 0.3) is 15.9 Å². The summed E-state index contributed by atoms with van der Waals surface area (Å²) in [5.74, 6) is -0.787. The van der Waals surface area contributed by atoms with Crippen LogP contribution in [0, 0.1) is 0 Å². The van der Waals surface area contributed by atoms with Gasteiger partial charge in [-0.05, 0) is 0 Å². The molecule has 6 heteroatoms. The van der Waals surface area contributed by atoms with E-state index in [-0.39, 0.29) is 6.61 Å². The summed E-state index contributed by atoms with van der Waals surface area (Å²) < 4.78 is 27.7. The Morgan fingerprint density at radius 1 is 1.60 bits per heavy atom. The summed E-state index contributed by atoms with van der Waals surface area (Å²) in [7, 11) is -2.26. The number of methoxy groups -OCH3 is 1. The van der Waals surface area contributed by atoms with Gasteiger partial charge in [0, 0.05) is 7.11 Å². The van der Waals surface area contributed by atoms with Gasteiger partial charge in [-0.15, -0.1) is 4.72 Å². The van der Waals surface area contributed by atoms with E-state index in [4.69, 9.17) is 0 Å². The first-order valence-electron chi connectivity index (χ1n) is 2.40. The molecule has 0 aromatic heterocycles. The number of carbonyl (C=O) groups excluding carboxylic acids is 1. The zero-order valence-electron chi connectivity index (χ0n) is 5.70. The van der Waals surface area contributed by atoms with Gasteiger partial charge in [0.1, 0.15) is 6.61 Å². The number of amides is 1. The van der Waals surface area contributed by atoms with Crippen LogP contribution in [0.1, 0.15) is 0 Å². The second kappa shape index (κ2) is 3.52. The van der Waals surface area contributed by atoms with E-state index < -0.39 is 15.9 Å². The number of hydrogen-bond donors (Lipinski definition) is 0. The molecule has 0 spiro atoms. The summed E-state index contributed by atoms with van der Waals surface area (Å²) in [5, 5.41) is 0. The van der Waals surface area contributed by atoms with Crippen molar-refractivity contribution in [1.82, 2.24) is 4.72 Å². The van der Waals surface area contributed by atoms with Crippen molar-refractivity contribution < 1.29 is 17.9 Å². The van der Waals surface area contributed by atoms with Gasteiger partial charge in [0.2, 0.25) is 0 Å². The lowest BCUT2D eigenvalue weighted by Crippen LogP contribution is -2.25. The molecule has 1 radical (unpaired) electrons. The molecule has 0 aromatic rings. The van der Waals surface area contributed by atoms with Crippen molar-refractivity contribution in [2.45, 2.75) is 0 Å². The van der Waals surface area contributed by atoms with E-state index in [2.05, 4.69) is 9.46 Å². The van der Waals surface area contributed by atoms with Crippen molar-refractivity contribution in [3.63, 3.8) is 0 Å². The summed E-state index contributed by atoms with van der Waals surface area (Å²) in [6, 6.07) is 0. The third-order valence-electron chi connectivity index (χ3n) is 0.535. The summed E-state index contributed by atoms with van der Waals surface area (Å²) in [6.07, 6.45) is 0.848. The predicted molar refractivity (Wildman–Crippen MR) is 33.9 cm³/mol. The van der Waals surface area contributed by atoms with Crippen LogP contribution in [0.15, 0.2) is 0 Å². The number of hydrogen-bond acceptors (Lipinski definition) is 4. The maximum absolute atomic E-state index is 10.4. The summed E-state index contributed by atoms with van der Waals surface area (Å²) >= 11 is 0. The van der Waals surface area contributed by atoms with Gasteiger partial charge < -0.3 is 4.74 Å². The molecular formula is C4H8NO4S. The van der Waals surface area contributed by atoms with Crippen LogP contribution in [-0.4, -0.2) is 34.3 Å². The largest absolute Gasteiger partial charge is 0.375 e. The van der Waals surface area contributed by atoms with Crippen molar-refractivity contribution >= 4 is 15.9 Å². The quantitative estimate of drug-likeness (QED) is 0.523. The lowest BCUT2D eigenvalue weighted by Gasteiger charge is -1.95. The molecule has 0 aliphatic heterocycles. The number of rotatable bonds is 3. The Bertz CT molecular complexity index is 207. The molecule has 1 amide bonds. The van der Waals surface area contributed by atoms with Gasteiger partial charge >= 0.3 is 0 Å². The highest BCUT2D eigenvalue weighted by Crippen LogP contribution is 1.78. The summed E-state index contributed by atoms with van der Waals surface area (Å²) in [4.78, 5) is 10.4. The van der Waals surface area contributed by atoms with Crippen molar-refractivity contribution in [2.75, 3.05) is 20.0 Å². The molecule has 0 atom stereocenters. The van der Waals surface area contributed by atoms with Gasteiger partial charge in [-0.1, -0.05) is 0 Å². The Morgan fingerprint density at radius 2 is 2.10 bits per heavy atom. The van der Waals surface area contributed by atoms with Crippen LogP contribution in [0.25, 0.3) is 0 Å². The summed E-state index contributed by atoms with van der Waals surface area (Å²) in [6.45, 7) is -0.299. The van der Waals surface area contributed by atoms with E-state index in [0.717, 1.165) is 6.26 Å². The number of ether oxygens (including phenoxy) is 1. The topological polar surface area (TPSA) is 74.5 Å². The number of sulfonamides is 1. The van der Waals surface area contributed by atoms with E-state index in [0.29, 0.717) is 0 Å². The molecule has 0 aliphatic rings. The number of nitrogens with zero attached hydrogens (tertiary/aromatic N) is 1. The lowest BCUT2D eigenvalue weighted by molar-refractivity contribution is -0.123. The van der Waals surface area contributed by atoms with Crippen molar-refractivity contribution in [2.24, 2.45) is 0 Å². The van der Waals surface area contributed by atoms with Crippen LogP contribution in [-0.2, 0) is 19.6 Å². The van der Waals surface area contributed by atoms with E-state index in [1.165, 1.54) is 7.11 Å². The van der Waals surface area contributed by atoms with Gasteiger partial charge in [-0.3, -0.25) is 4.79 Å². The molecule has 0 aliphatic carbocycles. The van der Waals surface area contributed by atoms with Gasteiger partial charge in [-0.2, -0.15) is 0 Å². The highest BCUT2D eigenvalue weighted by atomic mass is 32.2. The summed E-state index contributed by atoms with van der Waals surface area (Å²) in [5.41, 5.74) is 0. The van der Waals surface area contributed by atoms with Gasteiger partial charge in [0.05, 0.1) is 6.26 Å². The fourth-order valence-corrected chi connectivity index (χ4v) is 0.757. The third kappa shape index (κ3) is 5.52. The Balaban J connectivity index is 3.82. The van der Waals surface area contributed by atoms with E-state index >= 15 is 0 Å². The molecule has 0 N–H and O–H groups in total. The molecule has 10 heavy (non-hydrogen) atoms. The fourth-order valence-electron chi connectivity index (χ4n) is 0.335. The van der Waals surface area contributed by atoms with Crippen LogP contribution < -0.4 is 4.72 Å². The molecule has 0 aromatic carbocycles. The highest BCUT2D eigenvalue weighted by Gasteiger charge is 2.09. The lowest BCUT2D eigenvalue weighted by atomic mass is 10.7. The van der Waals surface area contributed by atoms with Crippen LogP contribution in [0.5, 0.6) is 0 Å². The minimum absolute atomic E-state index is 0.299. The Kier molecular flexibility index (Phi) is 3.31. The molecule has 0 unspecified atom stereocenters. The average Bonchev–Trinajstić information content (AvgIpc) is 1.59. The molecular weight excluding hydrogens is 158 g/mol. The Labute approximate surface area is 59.4 Å². The molecule has 59 valence electrons. The molecule has 5 nitrogen and oxygen atoms in total. The normalized spacial score (nSPS) is 11.0. The molecule has 0 saturated carbocycles. The Hall–Kier alpha value is -0.620. The highest BCUT2D eigenvalue weighted by molar-refractivity contribution is 7.89. The second-order valence-corrected chi connectivity index (χ2v) is 3.30. The van der Waals surface area contributed by atoms with E-state index in [1.54, 1.807) is 0 Å². The van der Waals surface area contributed by atoms with Crippen LogP contribution in [0.4, 0.5) is 0 Å². The average molecular weight is 166 g/mol. The fraction of sp³-hybridized carbons (Fsp3) is 0.750. The standard InChI is InChI=1S/C4H8NO4S/c1-9-3-4(6)5-10(2,7)8/h3H2,1-2H3. The second-order valence-electron chi connectivity index (χ2n) is 1.65. The predicted octanol–water partition coefficient (Wildman–Crippen LogP) is -1.28. The molecule has 0 bridgehead atoms. The molecule has 0 fully saturated rings. The van der Waals surface area contributed by atoms with E-state index in [1.807, 2.05) is 0 Å². The van der Waals surface area contributed by atoms with Crippen molar-refractivity contribution in [3.8, 4) is 0 Å². The van der Waals surface area contributed by atoms with Crippen molar-refractivity contribution in [1.29, 1.82) is 0 Å². The zero-order chi connectivity index (χ0) is 8.20. The minimum atomic E-state index is -3.55. The van der Waals surface area contributed by atoms with Gasteiger partial charge in [0.15, 0.2) is 0 Å². The first-order chi connectivity index (χ1) is 4.45. The Morgan fingerprint density at radius 3 is 2.40 bits per heavy atom.